The van der Waals surface area contributed by atoms with E-state index in [4.69, 9.17) is 14.2 Å². The molecule has 6 heteroatoms. The minimum atomic E-state index is -3.48. The molecule has 1 unspecified atom stereocenters. The molecule has 0 aliphatic rings. The molecule has 0 bridgehead atoms. The molecule has 5 nitrogen and oxygen atoms in total. The number of hydrogen-bond donors (Lipinski definition) is 1. The van der Waals surface area contributed by atoms with Crippen LogP contribution in [-0.2, 0) is 18.4 Å². The predicted molar refractivity (Wildman–Crippen MR) is 80.2 cm³/mol. The Kier molecular flexibility index (Phi) is 9.82. The van der Waals surface area contributed by atoms with Crippen LogP contribution in [0, 0.1) is 0 Å². The van der Waals surface area contributed by atoms with Crippen LogP contribution in [0.25, 0.3) is 0 Å². The zero-order valence-corrected chi connectivity index (χ0v) is 13.7. The number of carboxylic acid groups (broad SMARTS) is 1. The van der Waals surface area contributed by atoms with Gasteiger partial charge in [-0.1, -0.05) is 40.2 Å². The van der Waals surface area contributed by atoms with Crippen LogP contribution in [0.15, 0.2) is 12.2 Å². The first kappa shape index (κ1) is 19.4. The lowest BCUT2D eigenvalue weighted by Gasteiger charge is -2.26. The van der Waals surface area contributed by atoms with Gasteiger partial charge in [-0.2, -0.15) is 0 Å². The van der Waals surface area contributed by atoms with E-state index in [1.807, 2.05) is 13.8 Å². The van der Waals surface area contributed by atoms with Crippen LogP contribution in [0.2, 0.25) is 0 Å². The molecule has 0 aromatic carbocycles. The predicted octanol–water partition coefficient (Wildman–Crippen LogP) is 4.23. The number of unbranched alkanes of at least 4 members (excludes halogenated alkanes) is 2. The molecule has 0 spiro atoms. The molecule has 0 saturated heterocycles. The summed E-state index contributed by atoms with van der Waals surface area (Å²) in [4.78, 5) is 11.1. The van der Waals surface area contributed by atoms with Crippen LogP contribution < -0.4 is 0 Å². The summed E-state index contributed by atoms with van der Waals surface area (Å²) < 4.78 is 23.8. The minimum absolute atomic E-state index is 0.108. The molecule has 0 aromatic heterocycles. The molecule has 0 aliphatic carbocycles. The summed E-state index contributed by atoms with van der Waals surface area (Å²) in [5.41, 5.74) is -0.891. The third-order valence-electron chi connectivity index (χ3n) is 2.98. The van der Waals surface area contributed by atoms with E-state index in [-0.39, 0.29) is 5.57 Å². The fraction of sp³-hybridized carbons (Fsp3) is 0.786. The maximum Gasteiger partial charge on any atom is 0.338 e. The van der Waals surface area contributed by atoms with Crippen molar-refractivity contribution in [2.24, 2.45) is 0 Å². The topological polar surface area (TPSA) is 72.8 Å². The Bertz CT molecular complexity index is 339. The average Bonchev–Trinajstić information content (AvgIpc) is 2.40. The van der Waals surface area contributed by atoms with Crippen molar-refractivity contribution in [2.45, 2.75) is 58.5 Å². The molecule has 1 atom stereocenters. The van der Waals surface area contributed by atoms with E-state index in [9.17, 15) is 9.36 Å². The molecule has 118 valence electrons. The first-order valence-corrected chi connectivity index (χ1v) is 8.84. The van der Waals surface area contributed by atoms with Gasteiger partial charge < -0.3 is 14.2 Å². The Hall–Kier alpha value is -0.640. The first-order chi connectivity index (χ1) is 9.42. The summed E-state index contributed by atoms with van der Waals surface area (Å²) in [7, 11) is -3.48. The summed E-state index contributed by atoms with van der Waals surface area (Å²) in [6.07, 6.45) is 3.70. The van der Waals surface area contributed by atoms with Gasteiger partial charge in [0.25, 0.3) is 0 Å². The van der Waals surface area contributed by atoms with Gasteiger partial charge in [-0.3, -0.25) is 4.57 Å². The highest BCUT2D eigenvalue weighted by atomic mass is 31.2. The number of carbonyl (C=O) groups is 1. The summed E-state index contributed by atoms with van der Waals surface area (Å²) in [6.45, 7) is 9.89. The molecule has 1 N–H and O–H groups in total. The summed E-state index contributed by atoms with van der Waals surface area (Å²) in [5, 5.41) is 9.06. The second-order valence-corrected chi connectivity index (χ2v) is 6.89. The van der Waals surface area contributed by atoms with Gasteiger partial charge in [-0.15, -0.1) is 0 Å². The molecule has 0 radical (unpaired) electrons. The number of carboxylic acids is 1. The van der Waals surface area contributed by atoms with Gasteiger partial charge in [0.15, 0.2) is 0 Å². The summed E-state index contributed by atoms with van der Waals surface area (Å²) in [6, 6.07) is 0. The molecule has 0 aliphatic heterocycles. The Labute approximate surface area is 121 Å². The number of rotatable bonds is 12. The van der Waals surface area contributed by atoms with Crippen molar-refractivity contribution in [3.8, 4) is 0 Å². The summed E-state index contributed by atoms with van der Waals surface area (Å²) in [5.74, 6) is -1.16. The lowest BCUT2D eigenvalue weighted by atomic mass is 10.2. The smallest absolute Gasteiger partial charge is 0.338 e. The van der Waals surface area contributed by atoms with E-state index in [2.05, 4.69) is 6.58 Å². The Balaban J connectivity index is 4.98. The van der Waals surface area contributed by atoms with Gasteiger partial charge in [0, 0.05) is 5.57 Å². The highest BCUT2D eigenvalue weighted by Crippen LogP contribution is 2.56. The van der Waals surface area contributed by atoms with Crippen molar-refractivity contribution >= 4 is 13.6 Å². The largest absolute Gasteiger partial charge is 0.478 e. The van der Waals surface area contributed by atoms with Gasteiger partial charge in [0.1, 0.15) is 0 Å². The normalized spacial score (nSPS) is 13.2. The van der Waals surface area contributed by atoms with E-state index in [1.165, 1.54) is 0 Å². The van der Waals surface area contributed by atoms with Crippen molar-refractivity contribution in [1.29, 1.82) is 0 Å². The highest BCUT2D eigenvalue weighted by Gasteiger charge is 2.38. The molecule has 0 saturated carbocycles. The third-order valence-corrected chi connectivity index (χ3v) is 5.51. The van der Waals surface area contributed by atoms with E-state index >= 15 is 0 Å². The zero-order valence-electron chi connectivity index (χ0n) is 12.8. The van der Waals surface area contributed by atoms with Gasteiger partial charge in [-0.05, 0) is 19.3 Å². The maximum absolute atomic E-state index is 12.9. The van der Waals surface area contributed by atoms with Crippen LogP contribution in [-0.4, -0.2) is 29.9 Å². The second-order valence-electron chi connectivity index (χ2n) is 4.67. The molecule has 0 aromatic rings. The van der Waals surface area contributed by atoms with E-state index in [0.29, 0.717) is 19.6 Å². The van der Waals surface area contributed by atoms with Crippen molar-refractivity contribution in [3.05, 3.63) is 12.2 Å². The lowest BCUT2D eigenvalue weighted by Crippen LogP contribution is -2.20. The lowest BCUT2D eigenvalue weighted by molar-refractivity contribution is -0.132. The molecule has 20 heavy (non-hydrogen) atoms. The molecule has 0 rings (SSSR count). The van der Waals surface area contributed by atoms with Gasteiger partial charge >= 0.3 is 13.6 Å². The van der Waals surface area contributed by atoms with Crippen LogP contribution in [0.5, 0.6) is 0 Å². The molecule has 0 amide bonds. The quantitative estimate of drug-likeness (QED) is 0.332. The van der Waals surface area contributed by atoms with Crippen LogP contribution in [0.4, 0.5) is 0 Å². The minimum Gasteiger partial charge on any atom is -0.478 e. The molecule has 0 heterocycles. The Morgan fingerprint density at radius 1 is 1.15 bits per heavy atom. The van der Waals surface area contributed by atoms with E-state index in [1.54, 1.807) is 6.92 Å². The third kappa shape index (κ3) is 6.21. The average molecular weight is 306 g/mol. The fourth-order valence-corrected chi connectivity index (χ4v) is 3.83. The van der Waals surface area contributed by atoms with Crippen molar-refractivity contribution < 1.29 is 23.5 Å². The van der Waals surface area contributed by atoms with Gasteiger partial charge in [-0.25, -0.2) is 4.79 Å². The van der Waals surface area contributed by atoms with Gasteiger partial charge in [0.05, 0.1) is 18.9 Å². The molecular formula is C14H27O5P. The highest BCUT2D eigenvalue weighted by molar-refractivity contribution is 7.55. The standard InChI is InChI=1S/C14H27O5P/c1-5-8-10-18-20(17,19-11-9-6-2)13(7-3)12(4)14(15)16/h13H,4-11H2,1-3H3,(H,15,16). The second kappa shape index (κ2) is 10.1. The molecular weight excluding hydrogens is 279 g/mol. The fourth-order valence-electron chi connectivity index (χ4n) is 1.69. The van der Waals surface area contributed by atoms with Crippen molar-refractivity contribution in [3.63, 3.8) is 0 Å². The number of hydrogen-bond acceptors (Lipinski definition) is 4. The summed E-state index contributed by atoms with van der Waals surface area (Å²) >= 11 is 0. The Morgan fingerprint density at radius 3 is 1.90 bits per heavy atom. The van der Waals surface area contributed by atoms with Crippen LogP contribution in [0.1, 0.15) is 52.9 Å². The van der Waals surface area contributed by atoms with Crippen molar-refractivity contribution in [2.75, 3.05) is 13.2 Å². The van der Waals surface area contributed by atoms with Crippen LogP contribution >= 0.6 is 7.60 Å². The first-order valence-electron chi connectivity index (χ1n) is 7.23. The Morgan fingerprint density at radius 2 is 1.60 bits per heavy atom. The van der Waals surface area contributed by atoms with Crippen LogP contribution in [0.3, 0.4) is 0 Å². The monoisotopic (exact) mass is 306 g/mol. The van der Waals surface area contributed by atoms with Gasteiger partial charge in [0.2, 0.25) is 0 Å². The maximum atomic E-state index is 12.9. The zero-order chi connectivity index (χ0) is 15.6. The van der Waals surface area contributed by atoms with E-state index in [0.717, 1.165) is 25.7 Å². The van der Waals surface area contributed by atoms with E-state index < -0.39 is 19.2 Å². The van der Waals surface area contributed by atoms with Crippen molar-refractivity contribution in [1.82, 2.24) is 0 Å². The number of aliphatic carboxylic acids is 1. The molecule has 0 fully saturated rings. The SMILES string of the molecule is C=C(C(=O)O)C(CC)P(=O)(OCCCC)OCCCC.